The number of sulfonamides is 1. The first kappa shape index (κ1) is 15.4. The van der Waals surface area contributed by atoms with Crippen LogP contribution in [0, 0.1) is 0 Å². The van der Waals surface area contributed by atoms with Crippen LogP contribution in [0.2, 0.25) is 0 Å². The second-order valence-corrected chi connectivity index (χ2v) is 7.98. The molecule has 20 heavy (non-hydrogen) atoms. The van der Waals surface area contributed by atoms with Gasteiger partial charge in [-0.15, -0.1) is 11.3 Å². The number of amides is 1. The number of nitrogens with two attached hydrogens (primary N) is 1. The van der Waals surface area contributed by atoms with Crippen LogP contribution in [0.3, 0.4) is 0 Å². The largest absolute Gasteiger partial charge is 0.355 e. The van der Waals surface area contributed by atoms with Gasteiger partial charge in [-0.25, -0.2) is 8.42 Å². The predicted octanol–water partition coefficient (Wildman–Crippen LogP) is 0.150. The van der Waals surface area contributed by atoms with Crippen molar-refractivity contribution < 1.29 is 13.2 Å². The van der Waals surface area contributed by atoms with Crippen LogP contribution in [-0.4, -0.2) is 44.8 Å². The number of carbonyl (C=O) groups is 1. The van der Waals surface area contributed by atoms with E-state index in [0.717, 1.165) is 17.7 Å². The summed E-state index contributed by atoms with van der Waals surface area (Å²) in [5.41, 5.74) is 5.30. The summed E-state index contributed by atoms with van der Waals surface area (Å²) in [6.45, 7) is 2.01. The van der Waals surface area contributed by atoms with Gasteiger partial charge in [-0.2, -0.15) is 4.31 Å². The van der Waals surface area contributed by atoms with E-state index in [2.05, 4.69) is 5.32 Å². The highest BCUT2D eigenvalue weighted by atomic mass is 32.2. The maximum atomic E-state index is 12.3. The van der Waals surface area contributed by atoms with E-state index in [4.69, 9.17) is 5.73 Å². The number of hydrogen-bond donors (Lipinski definition) is 2. The monoisotopic (exact) mass is 317 g/mol. The standard InChI is InChI=1S/C12H19N3O3S2/c13-5-6-14-11(16)9-10-3-4-12(19-10)20(17,18)15-7-1-2-8-15/h3-4H,1-2,5-9,13H2,(H,14,16). The van der Waals surface area contributed by atoms with Crippen LogP contribution in [0.4, 0.5) is 0 Å². The molecule has 1 aromatic heterocycles. The van der Waals surface area contributed by atoms with Gasteiger partial charge in [-0.1, -0.05) is 0 Å². The van der Waals surface area contributed by atoms with E-state index >= 15 is 0 Å². The molecule has 8 heteroatoms. The molecule has 0 aliphatic carbocycles. The molecule has 1 fully saturated rings. The minimum absolute atomic E-state index is 0.137. The Bertz CT molecular complexity index is 562. The number of carbonyl (C=O) groups excluding carboxylic acids is 1. The van der Waals surface area contributed by atoms with Gasteiger partial charge in [-0.05, 0) is 25.0 Å². The fraction of sp³-hybridized carbons (Fsp3) is 0.583. The van der Waals surface area contributed by atoms with Gasteiger partial charge in [0.2, 0.25) is 5.91 Å². The number of rotatable bonds is 6. The maximum Gasteiger partial charge on any atom is 0.252 e. The van der Waals surface area contributed by atoms with Gasteiger partial charge in [0, 0.05) is 31.1 Å². The van der Waals surface area contributed by atoms with Crippen molar-refractivity contribution in [3.8, 4) is 0 Å². The van der Waals surface area contributed by atoms with Crippen LogP contribution >= 0.6 is 11.3 Å². The summed E-state index contributed by atoms with van der Waals surface area (Å²) in [5.74, 6) is -0.137. The quantitative estimate of drug-likeness (QED) is 0.781. The SMILES string of the molecule is NCCNC(=O)Cc1ccc(S(=O)(=O)N2CCCC2)s1. The van der Waals surface area contributed by atoms with Gasteiger partial charge >= 0.3 is 0 Å². The molecule has 0 unspecified atom stereocenters. The second kappa shape index (κ2) is 6.66. The van der Waals surface area contributed by atoms with Gasteiger partial charge in [0.15, 0.2) is 0 Å². The summed E-state index contributed by atoms with van der Waals surface area (Å²) in [4.78, 5) is 12.3. The lowest BCUT2D eigenvalue weighted by atomic mass is 10.3. The van der Waals surface area contributed by atoms with Crippen molar-refractivity contribution in [2.75, 3.05) is 26.2 Å². The minimum Gasteiger partial charge on any atom is -0.355 e. The lowest BCUT2D eigenvalue weighted by Gasteiger charge is -2.13. The first-order valence-corrected chi connectivity index (χ1v) is 8.85. The molecule has 112 valence electrons. The highest BCUT2D eigenvalue weighted by Gasteiger charge is 2.28. The van der Waals surface area contributed by atoms with Gasteiger partial charge in [0.1, 0.15) is 4.21 Å². The van der Waals surface area contributed by atoms with E-state index in [0.29, 0.717) is 30.4 Å². The zero-order valence-electron chi connectivity index (χ0n) is 11.2. The van der Waals surface area contributed by atoms with E-state index in [1.54, 1.807) is 12.1 Å². The average molecular weight is 317 g/mol. The first-order valence-electron chi connectivity index (χ1n) is 6.59. The number of thiophene rings is 1. The number of hydrogen-bond acceptors (Lipinski definition) is 5. The van der Waals surface area contributed by atoms with Crippen LogP contribution < -0.4 is 11.1 Å². The molecule has 6 nitrogen and oxygen atoms in total. The Labute approximate surface area is 123 Å². The molecule has 0 spiro atoms. The molecule has 1 aliphatic rings. The van der Waals surface area contributed by atoms with Crippen LogP contribution in [0.1, 0.15) is 17.7 Å². The minimum atomic E-state index is -3.37. The normalized spacial score (nSPS) is 16.4. The maximum absolute atomic E-state index is 12.3. The molecule has 0 radical (unpaired) electrons. The average Bonchev–Trinajstić information content (AvgIpc) is 3.07. The Morgan fingerprint density at radius 1 is 1.35 bits per heavy atom. The molecule has 0 atom stereocenters. The molecule has 0 bridgehead atoms. The molecular formula is C12H19N3O3S2. The molecule has 1 aromatic rings. The first-order chi connectivity index (χ1) is 9.54. The van der Waals surface area contributed by atoms with Crippen LogP contribution in [0.5, 0.6) is 0 Å². The predicted molar refractivity (Wildman–Crippen MR) is 78.1 cm³/mol. The summed E-state index contributed by atoms with van der Waals surface area (Å²) in [6, 6.07) is 3.29. The summed E-state index contributed by atoms with van der Waals surface area (Å²) in [7, 11) is -3.37. The summed E-state index contributed by atoms with van der Waals surface area (Å²) in [5, 5.41) is 2.67. The third kappa shape index (κ3) is 3.57. The molecular weight excluding hydrogens is 298 g/mol. The second-order valence-electron chi connectivity index (χ2n) is 4.65. The van der Waals surface area contributed by atoms with E-state index in [-0.39, 0.29) is 12.3 Å². The molecule has 1 amide bonds. The third-order valence-electron chi connectivity index (χ3n) is 3.10. The Balaban J connectivity index is 2.03. The zero-order chi connectivity index (χ0) is 14.6. The van der Waals surface area contributed by atoms with Crippen molar-refractivity contribution in [2.45, 2.75) is 23.5 Å². The highest BCUT2D eigenvalue weighted by molar-refractivity contribution is 7.91. The highest BCUT2D eigenvalue weighted by Crippen LogP contribution is 2.27. The van der Waals surface area contributed by atoms with Crippen molar-refractivity contribution in [3.63, 3.8) is 0 Å². The molecule has 0 aromatic carbocycles. The van der Waals surface area contributed by atoms with Crippen LogP contribution in [0.15, 0.2) is 16.3 Å². The van der Waals surface area contributed by atoms with Crippen molar-refractivity contribution in [1.29, 1.82) is 0 Å². The zero-order valence-corrected chi connectivity index (χ0v) is 12.8. The van der Waals surface area contributed by atoms with E-state index in [1.807, 2.05) is 0 Å². The van der Waals surface area contributed by atoms with Crippen molar-refractivity contribution >= 4 is 27.3 Å². The van der Waals surface area contributed by atoms with Crippen LogP contribution in [-0.2, 0) is 21.2 Å². The summed E-state index contributed by atoms with van der Waals surface area (Å²) < 4.78 is 26.5. The van der Waals surface area contributed by atoms with Crippen molar-refractivity contribution in [1.82, 2.24) is 9.62 Å². The topological polar surface area (TPSA) is 92.5 Å². The summed E-state index contributed by atoms with van der Waals surface area (Å²) in [6.07, 6.45) is 2.03. The summed E-state index contributed by atoms with van der Waals surface area (Å²) >= 11 is 1.17. The van der Waals surface area contributed by atoms with Crippen molar-refractivity contribution in [3.05, 3.63) is 17.0 Å². The Hall–Kier alpha value is -0.960. The van der Waals surface area contributed by atoms with Crippen molar-refractivity contribution in [2.24, 2.45) is 5.73 Å². The molecule has 3 N–H and O–H groups in total. The molecule has 0 saturated carbocycles. The number of nitrogens with one attached hydrogen (secondary N) is 1. The van der Waals surface area contributed by atoms with E-state index in [9.17, 15) is 13.2 Å². The molecule has 2 heterocycles. The fourth-order valence-corrected chi connectivity index (χ4v) is 5.11. The third-order valence-corrected chi connectivity index (χ3v) is 6.55. The molecule has 1 aliphatic heterocycles. The van der Waals surface area contributed by atoms with Gasteiger partial charge in [0.05, 0.1) is 6.42 Å². The smallest absolute Gasteiger partial charge is 0.252 e. The van der Waals surface area contributed by atoms with Crippen LogP contribution in [0.25, 0.3) is 0 Å². The lowest BCUT2D eigenvalue weighted by Crippen LogP contribution is -2.30. The van der Waals surface area contributed by atoms with Gasteiger partial charge in [-0.3, -0.25) is 4.79 Å². The van der Waals surface area contributed by atoms with Gasteiger partial charge < -0.3 is 11.1 Å². The lowest BCUT2D eigenvalue weighted by molar-refractivity contribution is -0.120. The number of nitrogens with zero attached hydrogens (tertiary/aromatic N) is 1. The Morgan fingerprint density at radius 2 is 2.05 bits per heavy atom. The molecule has 1 saturated heterocycles. The molecule has 2 rings (SSSR count). The van der Waals surface area contributed by atoms with E-state index < -0.39 is 10.0 Å². The van der Waals surface area contributed by atoms with Gasteiger partial charge in [0.25, 0.3) is 10.0 Å². The fourth-order valence-electron chi connectivity index (χ4n) is 2.08. The van der Waals surface area contributed by atoms with E-state index in [1.165, 1.54) is 15.6 Å². The Morgan fingerprint density at radius 3 is 2.70 bits per heavy atom. The Kier molecular flexibility index (Phi) is 5.14.